The van der Waals surface area contributed by atoms with Crippen molar-refractivity contribution in [1.29, 1.82) is 5.26 Å². The Hall–Kier alpha value is -2.07. The molecule has 3 atom stereocenters. The van der Waals surface area contributed by atoms with Crippen LogP contribution in [-0.2, 0) is 4.79 Å². The lowest BCUT2D eigenvalue weighted by molar-refractivity contribution is -0.120. The third kappa shape index (κ3) is 5.83. The highest BCUT2D eigenvalue weighted by Gasteiger charge is 2.45. The van der Waals surface area contributed by atoms with Crippen molar-refractivity contribution in [3.63, 3.8) is 0 Å². The van der Waals surface area contributed by atoms with E-state index in [1.807, 2.05) is 12.1 Å². The van der Waals surface area contributed by atoms with Crippen molar-refractivity contribution < 1.29 is 4.79 Å². The van der Waals surface area contributed by atoms with Gasteiger partial charge in [0.15, 0.2) is 0 Å². The van der Waals surface area contributed by atoms with E-state index in [-0.39, 0.29) is 28.5 Å². The van der Waals surface area contributed by atoms with Gasteiger partial charge in [-0.05, 0) is 29.9 Å². The molecule has 0 saturated carbocycles. The second-order valence-electron chi connectivity index (χ2n) is 8.94. The van der Waals surface area contributed by atoms with Crippen LogP contribution in [0, 0.1) is 23.2 Å². The maximum Gasteiger partial charge on any atom is 0.234 e. The highest BCUT2D eigenvalue weighted by atomic mass is 32.2. The predicted molar refractivity (Wildman–Crippen MR) is 134 cm³/mol. The molecular weight excluding hydrogens is 416 g/mol. The van der Waals surface area contributed by atoms with E-state index in [1.54, 1.807) is 11.8 Å². The van der Waals surface area contributed by atoms with E-state index in [0.29, 0.717) is 5.92 Å². The number of rotatable bonds is 9. The van der Waals surface area contributed by atoms with E-state index in [9.17, 15) is 4.79 Å². The first-order chi connectivity index (χ1) is 15.5. The Kier molecular flexibility index (Phi) is 8.98. The standard InChI is InChI=1S/C26H36N4OS/c1-4-23-19-22(21-8-6-5-7-9-21)10-11-26(23,30-16-14-28-15-17-30)32-24(18-20(2)3)25(31)29-13-12-27/h5-11,19-20,23-24,28H,4,13-18H2,1-3H3,(H,29,31). The van der Waals surface area contributed by atoms with Gasteiger partial charge >= 0.3 is 0 Å². The minimum absolute atomic E-state index is 0.0270. The van der Waals surface area contributed by atoms with Gasteiger partial charge in [-0.15, -0.1) is 11.8 Å². The van der Waals surface area contributed by atoms with Gasteiger partial charge in [0.25, 0.3) is 0 Å². The zero-order valence-electron chi connectivity index (χ0n) is 19.5. The highest BCUT2D eigenvalue weighted by Crippen LogP contribution is 2.48. The molecular formula is C26H36N4OS. The Bertz CT molecular complexity index is 854. The molecule has 3 rings (SSSR count). The van der Waals surface area contributed by atoms with Crippen LogP contribution in [0.1, 0.15) is 39.2 Å². The van der Waals surface area contributed by atoms with Gasteiger partial charge in [-0.3, -0.25) is 9.69 Å². The molecule has 6 heteroatoms. The van der Waals surface area contributed by atoms with E-state index in [0.717, 1.165) is 39.0 Å². The molecule has 1 heterocycles. The van der Waals surface area contributed by atoms with Crippen LogP contribution in [0.25, 0.3) is 5.57 Å². The zero-order chi connectivity index (χ0) is 23.0. The molecule has 172 valence electrons. The number of piperazine rings is 1. The van der Waals surface area contributed by atoms with Crippen LogP contribution in [0.2, 0.25) is 0 Å². The summed E-state index contributed by atoms with van der Waals surface area (Å²) in [5.41, 5.74) is 2.48. The monoisotopic (exact) mass is 452 g/mol. The van der Waals surface area contributed by atoms with Crippen molar-refractivity contribution >= 4 is 23.2 Å². The Morgan fingerprint density at radius 2 is 2.03 bits per heavy atom. The largest absolute Gasteiger partial charge is 0.342 e. The smallest absolute Gasteiger partial charge is 0.234 e. The molecule has 1 aliphatic carbocycles. The number of thioether (sulfide) groups is 1. The van der Waals surface area contributed by atoms with Crippen molar-refractivity contribution in [3.8, 4) is 6.07 Å². The van der Waals surface area contributed by atoms with Gasteiger partial charge in [-0.2, -0.15) is 5.26 Å². The minimum atomic E-state index is -0.279. The Morgan fingerprint density at radius 1 is 1.31 bits per heavy atom. The molecule has 0 radical (unpaired) electrons. The fourth-order valence-corrected chi connectivity index (χ4v) is 6.63. The molecule has 2 aliphatic rings. The molecule has 32 heavy (non-hydrogen) atoms. The van der Waals surface area contributed by atoms with Gasteiger partial charge in [0.2, 0.25) is 5.91 Å². The molecule has 2 N–H and O–H groups in total. The van der Waals surface area contributed by atoms with Gasteiger partial charge in [-0.1, -0.05) is 69.3 Å². The summed E-state index contributed by atoms with van der Waals surface area (Å²) in [6, 6.07) is 12.6. The summed E-state index contributed by atoms with van der Waals surface area (Å²) in [5.74, 6) is 0.647. The number of nitrogens with one attached hydrogen (secondary N) is 2. The van der Waals surface area contributed by atoms with Crippen molar-refractivity contribution in [1.82, 2.24) is 15.5 Å². The van der Waals surface area contributed by atoms with Crippen LogP contribution in [0.15, 0.2) is 48.6 Å². The lowest BCUT2D eigenvalue weighted by Gasteiger charge is -2.50. The van der Waals surface area contributed by atoms with E-state index >= 15 is 0 Å². The topological polar surface area (TPSA) is 68.2 Å². The maximum atomic E-state index is 13.1. The maximum absolute atomic E-state index is 13.1. The number of carbonyl (C=O) groups is 1. The second-order valence-corrected chi connectivity index (χ2v) is 10.4. The Morgan fingerprint density at radius 3 is 2.66 bits per heavy atom. The van der Waals surface area contributed by atoms with E-state index in [1.165, 1.54) is 11.1 Å². The highest BCUT2D eigenvalue weighted by molar-refractivity contribution is 8.02. The Balaban J connectivity index is 1.97. The fourth-order valence-electron chi connectivity index (χ4n) is 4.62. The number of hydrogen-bond donors (Lipinski definition) is 2. The second kappa shape index (κ2) is 11.7. The molecule has 1 fully saturated rings. The number of benzene rings is 1. The minimum Gasteiger partial charge on any atom is -0.342 e. The predicted octanol–water partition coefficient (Wildman–Crippen LogP) is 4.06. The summed E-state index contributed by atoms with van der Waals surface area (Å²) in [5, 5.41) is 15.1. The van der Waals surface area contributed by atoms with Crippen LogP contribution in [0.3, 0.4) is 0 Å². The lowest BCUT2D eigenvalue weighted by atomic mass is 9.85. The van der Waals surface area contributed by atoms with Gasteiger partial charge in [0, 0.05) is 32.1 Å². The molecule has 1 aliphatic heterocycles. The van der Waals surface area contributed by atoms with Crippen LogP contribution in [0.5, 0.6) is 0 Å². The zero-order valence-corrected chi connectivity index (χ0v) is 20.3. The summed E-state index contributed by atoms with van der Waals surface area (Å²) < 4.78 is 0. The van der Waals surface area contributed by atoms with Crippen LogP contribution in [0.4, 0.5) is 0 Å². The number of allylic oxidation sites excluding steroid dienone is 2. The van der Waals surface area contributed by atoms with Crippen molar-refractivity contribution in [3.05, 3.63) is 54.1 Å². The summed E-state index contributed by atoms with van der Waals surface area (Å²) >= 11 is 1.78. The molecule has 1 aromatic carbocycles. The average molecular weight is 453 g/mol. The summed E-state index contributed by atoms with van der Waals surface area (Å²) in [6.45, 7) is 10.4. The van der Waals surface area contributed by atoms with E-state index in [4.69, 9.17) is 5.26 Å². The molecule has 0 bridgehead atoms. The van der Waals surface area contributed by atoms with Gasteiger partial charge in [0.05, 0.1) is 16.2 Å². The number of carbonyl (C=O) groups excluding carboxylic acids is 1. The molecule has 0 spiro atoms. The SMILES string of the molecule is CCC1C=C(c2ccccc2)C=CC1(SC(CC(C)C)C(=O)NCC#N)N1CCNCC1. The number of amides is 1. The summed E-state index contributed by atoms with van der Waals surface area (Å²) in [7, 11) is 0. The van der Waals surface area contributed by atoms with Crippen molar-refractivity contribution in [2.45, 2.75) is 43.7 Å². The number of hydrogen-bond acceptors (Lipinski definition) is 5. The average Bonchev–Trinajstić information content (AvgIpc) is 2.83. The quantitative estimate of drug-likeness (QED) is 0.553. The third-order valence-electron chi connectivity index (χ3n) is 6.22. The summed E-state index contributed by atoms with van der Waals surface area (Å²) in [6.07, 6.45) is 8.78. The number of nitriles is 1. The Labute approximate surface area is 197 Å². The normalized spacial score (nSPS) is 24.6. The van der Waals surface area contributed by atoms with Gasteiger partial charge in [0.1, 0.15) is 6.54 Å². The van der Waals surface area contributed by atoms with E-state index < -0.39 is 0 Å². The van der Waals surface area contributed by atoms with Gasteiger partial charge < -0.3 is 10.6 Å². The molecule has 1 saturated heterocycles. The molecule has 0 aromatic heterocycles. The fraction of sp³-hybridized carbons (Fsp3) is 0.538. The summed E-state index contributed by atoms with van der Waals surface area (Å²) in [4.78, 5) is 15.3. The number of nitrogens with zero attached hydrogens (tertiary/aromatic N) is 2. The first kappa shape index (κ1) is 24.6. The van der Waals surface area contributed by atoms with Gasteiger partial charge in [-0.25, -0.2) is 0 Å². The first-order valence-electron chi connectivity index (χ1n) is 11.7. The molecule has 1 aromatic rings. The van der Waals surface area contributed by atoms with Crippen LogP contribution >= 0.6 is 11.8 Å². The molecule has 5 nitrogen and oxygen atoms in total. The third-order valence-corrected chi connectivity index (χ3v) is 7.99. The van der Waals surface area contributed by atoms with Crippen LogP contribution < -0.4 is 10.6 Å². The lowest BCUT2D eigenvalue weighted by Crippen LogP contribution is -2.58. The van der Waals surface area contributed by atoms with Crippen molar-refractivity contribution in [2.24, 2.45) is 11.8 Å². The molecule has 3 unspecified atom stereocenters. The van der Waals surface area contributed by atoms with E-state index in [2.05, 4.69) is 78.8 Å². The first-order valence-corrected chi connectivity index (χ1v) is 12.6. The van der Waals surface area contributed by atoms with Crippen LogP contribution in [-0.4, -0.2) is 53.7 Å². The van der Waals surface area contributed by atoms with Crippen molar-refractivity contribution in [2.75, 3.05) is 32.7 Å². The molecule has 1 amide bonds.